The van der Waals surface area contributed by atoms with Gasteiger partial charge in [0.25, 0.3) is 0 Å². The molecule has 0 aliphatic rings. The highest BCUT2D eigenvalue weighted by molar-refractivity contribution is 5.65. The molecule has 24 heavy (non-hydrogen) atoms. The molecule has 0 saturated carbocycles. The molecule has 0 spiro atoms. The molecule has 0 fully saturated rings. The lowest BCUT2D eigenvalue weighted by Crippen LogP contribution is -2.38. The summed E-state index contributed by atoms with van der Waals surface area (Å²) in [5.74, 6) is 0.523. The standard InChI is InChI=1S/C20H25NO3/c1-4-5-15-21(18-12-7-6-8-13-18)17(3)23-20(22)24-19-14-10-9-11-16(19)2/h6-14,17H,4-5,15H2,1-3H3. The van der Waals surface area contributed by atoms with E-state index >= 15 is 0 Å². The smallest absolute Gasteiger partial charge is 0.410 e. The van der Waals surface area contributed by atoms with Gasteiger partial charge in [0.05, 0.1) is 0 Å². The fourth-order valence-corrected chi connectivity index (χ4v) is 2.46. The first kappa shape index (κ1) is 17.9. The van der Waals surface area contributed by atoms with Gasteiger partial charge in [-0.25, -0.2) is 4.79 Å². The molecule has 0 N–H and O–H groups in total. The van der Waals surface area contributed by atoms with E-state index < -0.39 is 12.4 Å². The Bertz CT molecular complexity index is 642. The van der Waals surface area contributed by atoms with Gasteiger partial charge in [0.1, 0.15) is 5.75 Å². The Hall–Kier alpha value is -2.49. The molecule has 1 unspecified atom stereocenters. The fourth-order valence-electron chi connectivity index (χ4n) is 2.46. The number of unbranched alkanes of at least 4 members (excludes halogenated alkanes) is 1. The Morgan fingerprint density at radius 2 is 1.75 bits per heavy atom. The van der Waals surface area contributed by atoms with Crippen molar-refractivity contribution >= 4 is 11.8 Å². The van der Waals surface area contributed by atoms with E-state index in [0.717, 1.165) is 30.6 Å². The molecule has 1 atom stereocenters. The SMILES string of the molecule is CCCCN(c1ccccc1)C(C)OC(=O)Oc1ccccc1C. The van der Waals surface area contributed by atoms with E-state index in [1.54, 1.807) is 6.07 Å². The van der Waals surface area contributed by atoms with E-state index in [0.29, 0.717) is 5.75 Å². The van der Waals surface area contributed by atoms with Gasteiger partial charge in [-0.05, 0) is 44.0 Å². The van der Waals surface area contributed by atoms with E-state index in [1.165, 1.54) is 0 Å². The highest BCUT2D eigenvalue weighted by Gasteiger charge is 2.19. The number of para-hydroxylation sites is 2. The third kappa shape index (κ3) is 5.01. The van der Waals surface area contributed by atoms with Crippen LogP contribution in [0.4, 0.5) is 10.5 Å². The number of aryl methyl sites for hydroxylation is 1. The third-order valence-corrected chi connectivity index (χ3v) is 3.83. The lowest BCUT2D eigenvalue weighted by Gasteiger charge is -2.30. The Balaban J connectivity index is 2.02. The van der Waals surface area contributed by atoms with E-state index in [1.807, 2.05) is 62.4 Å². The number of nitrogens with zero attached hydrogens (tertiary/aromatic N) is 1. The summed E-state index contributed by atoms with van der Waals surface area (Å²) in [4.78, 5) is 14.2. The predicted octanol–water partition coefficient (Wildman–Crippen LogP) is 5.16. The van der Waals surface area contributed by atoms with Gasteiger partial charge < -0.3 is 14.4 Å². The van der Waals surface area contributed by atoms with Crippen LogP contribution in [-0.2, 0) is 4.74 Å². The van der Waals surface area contributed by atoms with Crippen molar-refractivity contribution in [3.8, 4) is 5.75 Å². The summed E-state index contributed by atoms with van der Waals surface area (Å²) in [6, 6.07) is 17.3. The summed E-state index contributed by atoms with van der Waals surface area (Å²) in [5.41, 5.74) is 1.93. The van der Waals surface area contributed by atoms with Crippen LogP contribution in [0.25, 0.3) is 0 Å². The molecular weight excluding hydrogens is 302 g/mol. The molecule has 4 heteroatoms. The molecule has 0 radical (unpaired) electrons. The second kappa shape index (κ2) is 8.96. The summed E-state index contributed by atoms with van der Waals surface area (Å²) < 4.78 is 10.8. The molecule has 0 aliphatic carbocycles. The number of anilines is 1. The highest BCUT2D eigenvalue weighted by atomic mass is 16.7. The average Bonchev–Trinajstić information content (AvgIpc) is 2.58. The molecule has 0 amide bonds. The first-order valence-electron chi connectivity index (χ1n) is 8.37. The number of benzene rings is 2. The van der Waals surface area contributed by atoms with E-state index in [4.69, 9.17) is 9.47 Å². The minimum Gasteiger partial charge on any atom is -0.410 e. The summed E-state index contributed by atoms with van der Waals surface area (Å²) in [6.45, 7) is 6.71. The largest absolute Gasteiger partial charge is 0.515 e. The number of carbonyl (C=O) groups is 1. The van der Waals surface area contributed by atoms with Crippen LogP contribution in [0, 0.1) is 6.92 Å². The molecule has 2 rings (SSSR count). The van der Waals surface area contributed by atoms with Gasteiger partial charge in [-0.3, -0.25) is 0 Å². The zero-order valence-corrected chi connectivity index (χ0v) is 14.6. The Morgan fingerprint density at radius 3 is 2.42 bits per heavy atom. The maximum atomic E-state index is 12.1. The molecule has 0 bridgehead atoms. The predicted molar refractivity (Wildman–Crippen MR) is 96.4 cm³/mol. The molecular formula is C20H25NO3. The third-order valence-electron chi connectivity index (χ3n) is 3.83. The van der Waals surface area contributed by atoms with Crippen molar-refractivity contribution < 1.29 is 14.3 Å². The van der Waals surface area contributed by atoms with Crippen molar-refractivity contribution in [2.45, 2.75) is 39.8 Å². The van der Waals surface area contributed by atoms with Crippen molar-refractivity contribution in [1.82, 2.24) is 0 Å². The lowest BCUT2D eigenvalue weighted by atomic mass is 10.2. The zero-order chi connectivity index (χ0) is 17.4. The maximum Gasteiger partial charge on any atom is 0.515 e. The second-order valence-electron chi connectivity index (χ2n) is 5.72. The molecule has 0 heterocycles. The van der Waals surface area contributed by atoms with Gasteiger partial charge in [-0.2, -0.15) is 0 Å². The number of hydrogen-bond donors (Lipinski definition) is 0. The summed E-state index contributed by atoms with van der Waals surface area (Å²) in [7, 11) is 0. The van der Waals surface area contributed by atoms with E-state index in [2.05, 4.69) is 11.8 Å². The normalized spacial score (nSPS) is 11.6. The van der Waals surface area contributed by atoms with Crippen molar-refractivity contribution in [3.63, 3.8) is 0 Å². The van der Waals surface area contributed by atoms with Gasteiger partial charge in [0.15, 0.2) is 6.23 Å². The van der Waals surface area contributed by atoms with Crippen LogP contribution in [0.5, 0.6) is 5.75 Å². The molecule has 128 valence electrons. The first-order valence-corrected chi connectivity index (χ1v) is 8.37. The van der Waals surface area contributed by atoms with Crippen molar-refractivity contribution in [3.05, 3.63) is 60.2 Å². The Morgan fingerprint density at radius 1 is 1.08 bits per heavy atom. The van der Waals surface area contributed by atoms with Crippen LogP contribution in [0.1, 0.15) is 32.3 Å². The van der Waals surface area contributed by atoms with Crippen LogP contribution in [0.2, 0.25) is 0 Å². The van der Waals surface area contributed by atoms with E-state index in [9.17, 15) is 4.79 Å². The summed E-state index contributed by atoms with van der Waals surface area (Å²) in [6.07, 6.45) is 1.00. The first-order chi connectivity index (χ1) is 11.6. The van der Waals surface area contributed by atoms with Gasteiger partial charge in [-0.1, -0.05) is 49.7 Å². The van der Waals surface area contributed by atoms with Crippen LogP contribution >= 0.6 is 0 Å². The Kier molecular flexibility index (Phi) is 6.67. The highest BCUT2D eigenvalue weighted by Crippen LogP contribution is 2.20. The van der Waals surface area contributed by atoms with Crippen LogP contribution in [0.3, 0.4) is 0 Å². The summed E-state index contributed by atoms with van der Waals surface area (Å²) >= 11 is 0. The van der Waals surface area contributed by atoms with Gasteiger partial charge in [0.2, 0.25) is 0 Å². The van der Waals surface area contributed by atoms with Crippen LogP contribution in [0.15, 0.2) is 54.6 Å². The van der Waals surface area contributed by atoms with Crippen LogP contribution < -0.4 is 9.64 Å². The molecule has 2 aromatic rings. The van der Waals surface area contributed by atoms with Gasteiger partial charge >= 0.3 is 6.16 Å². The van der Waals surface area contributed by atoms with Gasteiger partial charge in [0, 0.05) is 12.2 Å². The lowest BCUT2D eigenvalue weighted by molar-refractivity contribution is 0.0638. The van der Waals surface area contributed by atoms with Crippen LogP contribution in [-0.4, -0.2) is 18.9 Å². The Labute approximate surface area is 144 Å². The quantitative estimate of drug-likeness (QED) is 0.400. The van der Waals surface area contributed by atoms with Gasteiger partial charge in [-0.15, -0.1) is 0 Å². The zero-order valence-electron chi connectivity index (χ0n) is 14.6. The fraction of sp³-hybridized carbons (Fsp3) is 0.350. The molecule has 0 aliphatic heterocycles. The van der Waals surface area contributed by atoms with E-state index in [-0.39, 0.29) is 0 Å². The number of hydrogen-bond acceptors (Lipinski definition) is 4. The number of ether oxygens (including phenoxy) is 2. The van der Waals surface area contributed by atoms with Crippen molar-refractivity contribution in [2.75, 3.05) is 11.4 Å². The number of rotatable bonds is 7. The van der Waals surface area contributed by atoms with Crippen molar-refractivity contribution in [2.24, 2.45) is 0 Å². The monoisotopic (exact) mass is 327 g/mol. The minimum atomic E-state index is -0.686. The molecule has 2 aromatic carbocycles. The molecule has 0 aromatic heterocycles. The second-order valence-corrected chi connectivity index (χ2v) is 5.72. The topological polar surface area (TPSA) is 38.8 Å². The summed E-state index contributed by atoms with van der Waals surface area (Å²) in [5, 5.41) is 0. The molecule has 0 saturated heterocycles. The molecule has 4 nitrogen and oxygen atoms in total. The maximum absolute atomic E-state index is 12.1. The number of carbonyl (C=O) groups excluding carboxylic acids is 1. The average molecular weight is 327 g/mol. The minimum absolute atomic E-state index is 0.407. The van der Waals surface area contributed by atoms with Crippen molar-refractivity contribution in [1.29, 1.82) is 0 Å².